The quantitative estimate of drug-likeness (QED) is 0.884. The van der Waals surface area contributed by atoms with Gasteiger partial charge in [0.15, 0.2) is 0 Å². The van der Waals surface area contributed by atoms with Crippen molar-refractivity contribution in [3.63, 3.8) is 0 Å². The molecular weight excluding hydrogens is 246 g/mol. The van der Waals surface area contributed by atoms with E-state index in [9.17, 15) is 13.5 Å². The number of thiophene rings is 1. The molecule has 2 N–H and O–H groups in total. The van der Waals surface area contributed by atoms with Crippen LogP contribution in [-0.4, -0.2) is 13.5 Å². The molecule has 0 aliphatic heterocycles. The molecule has 0 spiro atoms. The van der Waals surface area contributed by atoms with Gasteiger partial charge in [0, 0.05) is 6.07 Å². The van der Waals surface area contributed by atoms with Crippen molar-refractivity contribution in [2.45, 2.75) is 4.21 Å². The molecule has 4 nitrogen and oxygen atoms in total. The van der Waals surface area contributed by atoms with Gasteiger partial charge in [0.2, 0.25) is 0 Å². The van der Waals surface area contributed by atoms with Gasteiger partial charge in [0.1, 0.15) is 9.96 Å². The number of aromatic hydroxyl groups is 1. The van der Waals surface area contributed by atoms with Crippen LogP contribution in [0.25, 0.3) is 0 Å². The molecule has 0 amide bonds. The van der Waals surface area contributed by atoms with E-state index in [1.807, 2.05) is 0 Å². The minimum absolute atomic E-state index is 0.0198. The van der Waals surface area contributed by atoms with Crippen LogP contribution in [0.2, 0.25) is 0 Å². The molecule has 84 valence electrons. The van der Waals surface area contributed by atoms with Crippen LogP contribution in [0.1, 0.15) is 0 Å². The molecule has 0 unspecified atom stereocenters. The van der Waals surface area contributed by atoms with Gasteiger partial charge in [-0.25, -0.2) is 8.42 Å². The summed E-state index contributed by atoms with van der Waals surface area (Å²) < 4.78 is 26.2. The zero-order valence-corrected chi connectivity index (χ0v) is 9.75. The van der Waals surface area contributed by atoms with Crippen molar-refractivity contribution in [3.8, 4) is 5.75 Å². The van der Waals surface area contributed by atoms with Crippen molar-refractivity contribution in [1.29, 1.82) is 0 Å². The lowest BCUT2D eigenvalue weighted by molar-refractivity contribution is 0.475. The standard InChI is InChI=1S/C10H9NO3S2/c12-9-4-1-3-8(7-9)11-16(13,14)10-5-2-6-15-10/h1-7,11-12H. The number of anilines is 1. The lowest BCUT2D eigenvalue weighted by Gasteiger charge is -2.05. The Labute approximate surface area is 97.2 Å². The van der Waals surface area contributed by atoms with Gasteiger partial charge in [-0.15, -0.1) is 11.3 Å². The third-order valence-electron chi connectivity index (χ3n) is 1.86. The van der Waals surface area contributed by atoms with Gasteiger partial charge in [0.05, 0.1) is 5.69 Å². The summed E-state index contributed by atoms with van der Waals surface area (Å²) in [5.41, 5.74) is 0.341. The van der Waals surface area contributed by atoms with Crippen molar-refractivity contribution in [3.05, 3.63) is 41.8 Å². The molecular formula is C10H9NO3S2. The van der Waals surface area contributed by atoms with Crippen molar-refractivity contribution in [2.75, 3.05) is 4.72 Å². The van der Waals surface area contributed by atoms with Crippen molar-refractivity contribution >= 4 is 27.0 Å². The molecule has 1 aromatic heterocycles. The van der Waals surface area contributed by atoms with E-state index in [-0.39, 0.29) is 9.96 Å². The molecule has 0 aliphatic carbocycles. The number of hydrogen-bond donors (Lipinski definition) is 2. The highest BCUT2D eigenvalue weighted by atomic mass is 32.2. The summed E-state index contributed by atoms with van der Waals surface area (Å²) in [4.78, 5) is 0. The molecule has 0 radical (unpaired) electrons. The van der Waals surface area contributed by atoms with E-state index >= 15 is 0 Å². The smallest absolute Gasteiger partial charge is 0.271 e. The van der Waals surface area contributed by atoms with Crippen molar-refractivity contribution in [1.82, 2.24) is 0 Å². The summed E-state index contributed by atoms with van der Waals surface area (Å²) in [6, 6.07) is 9.16. The number of phenols is 1. The van der Waals surface area contributed by atoms with Crippen LogP contribution in [0.15, 0.2) is 46.0 Å². The average Bonchev–Trinajstić information content (AvgIpc) is 2.69. The maximum absolute atomic E-state index is 11.8. The van der Waals surface area contributed by atoms with Gasteiger partial charge in [-0.2, -0.15) is 0 Å². The van der Waals surface area contributed by atoms with E-state index in [4.69, 9.17) is 0 Å². The number of benzene rings is 1. The molecule has 1 aromatic carbocycles. The second kappa shape index (κ2) is 4.15. The summed E-state index contributed by atoms with van der Waals surface area (Å²) in [5.74, 6) is 0.0198. The maximum atomic E-state index is 11.8. The molecule has 1 heterocycles. The summed E-state index contributed by atoms with van der Waals surface area (Å²) in [5, 5.41) is 10.9. The van der Waals surface area contributed by atoms with Crippen LogP contribution in [0.4, 0.5) is 5.69 Å². The highest BCUT2D eigenvalue weighted by Gasteiger charge is 2.14. The van der Waals surface area contributed by atoms with Crippen LogP contribution >= 0.6 is 11.3 Å². The van der Waals surface area contributed by atoms with E-state index in [1.54, 1.807) is 23.6 Å². The fourth-order valence-electron chi connectivity index (χ4n) is 1.19. The fraction of sp³-hybridized carbons (Fsp3) is 0. The Bertz CT molecular complexity index is 576. The number of hydrogen-bond acceptors (Lipinski definition) is 4. The van der Waals surface area contributed by atoms with Gasteiger partial charge in [-0.05, 0) is 23.6 Å². The Hall–Kier alpha value is -1.53. The van der Waals surface area contributed by atoms with E-state index < -0.39 is 10.0 Å². The first kappa shape index (κ1) is 11.0. The summed E-state index contributed by atoms with van der Waals surface area (Å²) in [6.07, 6.45) is 0. The summed E-state index contributed by atoms with van der Waals surface area (Å²) in [6.45, 7) is 0. The molecule has 0 saturated heterocycles. The number of nitrogens with one attached hydrogen (secondary N) is 1. The topological polar surface area (TPSA) is 66.4 Å². The van der Waals surface area contributed by atoms with Gasteiger partial charge in [0.25, 0.3) is 10.0 Å². The molecule has 0 aliphatic rings. The summed E-state index contributed by atoms with van der Waals surface area (Å²) >= 11 is 1.14. The average molecular weight is 255 g/mol. The second-order valence-electron chi connectivity index (χ2n) is 3.09. The largest absolute Gasteiger partial charge is 0.508 e. The van der Waals surface area contributed by atoms with Gasteiger partial charge in [-0.1, -0.05) is 12.1 Å². The first-order valence-corrected chi connectivity index (χ1v) is 6.79. The second-order valence-corrected chi connectivity index (χ2v) is 5.94. The van der Waals surface area contributed by atoms with Crippen LogP contribution in [0.5, 0.6) is 5.75 Å². The van der Waals surface area contributed by atoms with Gasteiger partial charge >= 0.3 is 0 Å². The first-order valence-electron chi connectivity index (χ1n) is 4.43. The SMILES string of the molecule is O=S(=O)(Nc1cccc(O)c1)c1cccs1. The Balaban J connectivity index is 2.29. The van der Waals surface area contributed by atoms with Crippen LogP contribution in [0, 0.1) is 0 Å². The monoisotopic (exact) mass is 255 g/mol. The fourth-order valence-corrected chi connectivity index (χ4v) is 3.23. The van der Waals surface area contributed by atoms with E-state index in [1.165, 1.54) is 18.2 Å². The van der Waals surface area contributed by atoms with Crippen LogP contribution in [-0.2, 0) is 10.0 Å². The van der Waals surface area contributed by atoms with E-state index in [0.29, 0.717) is 5.69 Å². The van der Waals surface area contributed by atoms with Crippen molar-refractivity contribution in [2.24, 2.45) is 0 Å². The number of sulfonamides is 1. The predicted octanol–water partition coefficient (Wildman–Crippen LogP) is 2.25. The molecule has 16 heavy (non-hydrogen) atoms. The Morgan fingerprint density at radius 2 is 2.00 bits per heavy atom. The third kappa shape index (κ3) is 2.34. The van der Waals surface area contributed by atoms with E-state index in [0.717, 1.165) is 11.3 Å². The highest BCUT2D eigenvalue weighted by Crippen LogP contribution is 2.22. The highest BCUT2D eigenvalue weighted by molar-refractivity contribution is 7.94. The van der Waals surface area contributed by atoms with E-state index in [2.05, 4.69) is 4.72 Å². The molecule has 0 atom stereocenters. The molecule has 6 heteroatoms. The molecule has 2 rings (SSSR count). The van der Waals surface area contributed by atoms with Gasteiger partial charge < -0.3 is 5.11 Å². The first-order chi connectivity index (χ1) is 7.58. The number of rotatable bonds is 3. The number of phenolic OH excluding ortho intramolecular Hbond substituents is 1. The lowest BCUT2D eigenvalue weighted by Crippen LogP contribution is -2.11. The van der Waals surface area contributed by atoms with Gasteiger partial charge in [-0.3, -0.25) is 4.72 Å². The lowest BCUT2D eigenvalue weighted by atomic mass is 10.3. The van der Waals surface area contributed by atoms with Crippen molar-refractivity contribution < 1.29 is 13.5 Å². The molecule has 2 aromatic rings. The molecule has 0 bridgehead atoms. The van der Waals surface area contributed by atoms with Crippen LogP contribution in [0.3, 0.4) is 0 Å². The summed E-state index contributed by atoms with van der Waals surface area (Å²) in [7, 11) is -3.53. The zero-order chi connectivity index (χ0) is 11.6. The maximum Gasteiger partial charge on any atom is 0.271 e. The molecule has 0 saturated carbocycles. The Morgan fingerprint density at radius 1 is 1.19 bits per heavy atom. The Kier molecular flexibility index (Phi) is 2.84. The minimum Gasteiger partial charge on any atom is -0.508 e. The predicted molar refractivity (Wildman–Crippen MR) is 63.2 cm³/mol. The van der Waals surface area contributed by atoms with Crippen LogP contribution < -0.4 is 4.72 Å². The third-order valence-corrected chi connectivity index (χ3v) is 4.64. The molecule has 0 fully saturated rings. The Morgan fingerprint density at radius 3 is 2.62 bits per heavy atom. The normalized spacial score (nSPS) is 11.2. The zero-order valence-electron chi connectivity index (χ0n) is 8.12. The minimum atomic E-state index is -3.53.